The van der Waals surface area contributed by atoms with Gasteiger partial charge in [0.2, 0.25) is 5.91 Å². The Morgan fingerprint density at radius 1 is 0.938 bits per heavy atom. The highest BCUT2D eigenvalue weighted by Crippen LogP contribution is 2.36. The summed E-state index contributed by atoms with van der Waals surface area (Å²) in [5, 5.41) is 5.36. The smallest absolute Gasteiger partial charge is 0.341 e. The van der Waals surface area contributed by atoms with E-state index < -0.39 is 5.97 Å². The Morgan fingerprint density at radius 3 is 2.22 bits per heavy atom. The summed E-state index contributed by atoms with van der Waals surface area (Å²) in [4.78, 5) is 29.8. The molecule has 4 rings (SSSR count). The molecule has 1 fully saturated rings. The van der Waals surface area contributed by atoms with Crippen molar-refractivity contribution in [3.05, 3.63) is 77.2 Å². The predicted octanol–water partition coefficient (Wildman–Crippen LogP) is 3.96. The van der Waals surface area contributed by atoms with Gasteiger partial charge in [0.15, 0.2) is 0 Å². The summed E-state index contributed by atoms with van der Waals surface area (Å²) >= 11 is 1.35. The van der Waals surface area contributed by atoms with Crippen molar-refractivity contribution in [2.24, 2.45) is 0 Å². The summed E-state index contributed by atoms with van der Waals surface area (Å²) in [6.45, 7) is 4.76. The fourth-order valence-corrected chi connectivity index (χ4v) is 4.87. The largest absolute Gasteiger partial charge is 0.465 e. The first-order valence-electron chi connectivity index (χ1n) is 10.7. The summed E-state index contributed by atoms with van der Waals surface area (Å²) < 4.78 is 4.99. The molecule has 3 aromatic rings. The maximum atomic E-state index is 12.8. The molecule has 32 heavy (non-hydrogen) atoms. The average molecular weight is 450 g/mol. The molecule has 0 aliphatic carbocycles. The number of nitrogens with zero attached hydrogens (tertiary/aromatic N) is 2. The van der Waals surface area contributed by atoms with Gasteiger partial charge < -0.3 is 10.1 Å². The van der Waals surface area contributed by atoms with Crippen LogP contribution in [0.25, 0.3) is 11.1 Å². The van der Waals surface area contributed by atoms with Gasteiger partial charge in [-0.2, -0.15) is 0 Å². The molecule has 166 valence electrons. The van der Waals surface area contributed by atoms with Crippen molar-refractivity contribution in [2.45, 2.75) is 6.54 Å². The lowest BCUT2D eigenvalue weighted by molar-refractivity contribution is -0.117. The Kier molecular flexibility index (Phi) is 7.32. The third-order valence-corrected chi connectivity index (χ3v) is 6.49. The number of hydrogen-bond acceptors (Lipinski definition) is 6. The van der Waals surface area contributed by atoms with E-state index in [-0.39, 0.29) is 5.91 Å². The maximum absolute atomic E-state index is 12.8. The fourth-order valence-electron chi connectivity index (χ4n) is 3.90. The first kappa shape index (κ1) is 22.2. The molecule has 0 atom stereocenters. The van der Waals surface area contributed by atoms with E-state index in [1.807, 2.05) is 41.8 Å². The molecule has 0 spiro atoms. The van der Waals surface area contributed by atoms with Crippen LogP contribution < -0.4 is 5.32 Å². The molecule has 0 bridgehead atoms. The molecule has 1 N–H and O–H groups in total. The van der Waals surface area contributed by atoms with E-state index in [1.54, 1.807) is 0 Å². The first-order chi connectivity index (χ1) is 15.6. The standard InChI is InChI=1S/C25H27N3O3S/c1-31-25(30)23-21(20-10-6-3-7-11-20)18-32-24(23)26-22(29)17-28-14-12-27(13-15-28)16-19-8-4-2-5-9-19/h2-11,18H,12-17H2,1H3,(H,26,29). The molecule has 0 unspecified atom stereocenters. The van der Waals surface area contributed by atoms with Crippen LogP contribution in [-0.4, -0.2) is 61.5 Å². The number of benzene rings is 2. The summed E-state index contributed by atoms with van der Waals surface area (Å²) in [6.07, 6.45) is 0. The van der Waals surface area contributed by atoms with E-state index in [4.69, 9.17) is 4.74 Å². The highest BCUT2D eigenvalue weighted by molar-refractivity contribution is 7.15. The molecular formula is C25H27N3O3S. The van der Waals surface area contributed by atoms with Gasteiger partial charge in [-0.25, -0.2) is 4.79 Å². The van der Waals surface area contributed by atoms with Crippen molar-refractivity contribution in [1.82, 2.24) is 9.80 Å². The predicted molar refractivity (Wildman–Crippen MR) is 128 cm³/mol. The number of methoxy groups -OCH3 is 1. The van der Waals surface area contributed by atoms with Crippen LogP contribution in [0.2, 0.25) is 0 Å². The molecule has 0 saturated carbocycles. The van der Waals surface area contributed by atoms with Gasteiger partial charge in [0.1, 0.15) is 10.6 Å². The van der Waals surface area contributed by atoms with Gasteiger partial charge >= 0.3 is 5.97 Å². The summed E-state index contributed by atoms with van der Waals surface area (Å²) in [5.41, 5.74) is 3.40. The van der Waals surface area contributed by atoms with Gasteiger partial charge in [0, 0.05) is 43.7 Å². The van der Waals surface area contributed by atoms with Crippen LogP contribution >= 0.6 is 11.3 Å². The van der Waals surface area contributed by atoms with E-state index in [0.717, 1.165) is 43.9 Å². The summed E-state index contributed by atoms with van der Waals surface area (Å²) in [6, 6.07) is 20.1. The first-order valence-corrected chi connectivity index (χ1v) is 11.6. The minimum atomic E-state index is -0.449. The summed E-state index contributed by atoms with van der Waals surface area (Å²) in [5.74, 6) is -0.567. The van der Waals surface area contributed by atoms with Crippen molar-refractivity contribution in [3.8, 4) is 11.1 Å². The van der Waals surface area contributed by atoms with Crippen molar-refractivity contribution < 1.29 is 14.3 Å². The molecule has 1 aliphatic rings. The number of esters is 1. The van der Waals surface area contributed by atoms with Crippen molar-refractivity contribution in [1.29, 1.82) is 0 Å². The number of carbonyl (C=O) groups excluding carboxylic acids is 2. The van der Waals surface area contributed by atoms with Crippen LogP contribution in [0.4, 0.5) is 5.00 Å². The molecule has 1 amide bonds. The van der Waals surface area contributed by atoms with Gasteiger partial charge in [-0.15, -0.1) is 11.3 Å². The van der Waals surface area contributed by atoms with Crippen molar-refractivity contribution >= 4 is 28.2 Å². The molecule has 2 heterocycles. The van der Waals surface area contributed by atoms with Crippen LogP contribution in [0.5, 0.6) is 0 Å². The summed E-state index contributed by atoms with van der Waals surface area (Å²) in [7, 11) is 1.36. The molecule has 7 heteroatoms. The molecule has 1 aliphatic heterocycles. The van der Waals surface area contributed by atoms with Crippen molar-refractivity contribution in [2.75, 3.05) is 45.2 Å². The zero-order chi connectivity index (χ0) is 22.3. The number of carbonyl (C=O) groups is 2. The van der Waals surface area contributed by atoms with Gasteiger partial charge in [0.25, 0.3) is 0 Å². The van der Waals surface area contributed by atoms with Gasteiger partial charge in [0.05, 0.1) is 13.7 Å². The number of rotatable bonds is 7. The lowest BCUT2D eigenvalue weighted by Crippen LogP contribution is -2.48. The number of nitrogens with one attached hydrogen (secondary N) is 1. The zero-order valence-electron chi connectivity index (χ0n) is 18.1. The quantitative estimate of drug-likeness (QED) is 0.554. The normalized spacial score (nSPS) is 14.8. The molecule has 2 aromatic carbocycles. The van der Waals surface area contributed by atoms with E-state index >= 15 is 0 Å². The van der Waals surface area contributed by atoms with Gasteiger partial charge in [-0.1, -0.05) is 60.7 Å². The Balaban J connectivity index is 1.35. The Hall–Kier alpha value is -3.00. The fraction of sp³-hybridized carbons (Fsp3) is 0.280. The van der Waals surface area contributed by atoms with Crippen molar-refractivity contribution in [3.63, 3.8) is 0 Å². The maximum Gasteiger partial charge on any atom is 0.341 e. The monoisotopic (exact) mass is 449 g/mol. The van der Waals surface area contributed by atoms with Gasteiger partial charge in [-0.05, 0) is 11.1 Å². The number of amides is 1. The number of hydrogen-bond donors (Lipinski definition) is 1. The number of ether oxygens (including phenoxy) is 1. The van der Waals surface area contributed by atoms with Crippen LogP contribution in [0, 0.1) is 0 Å². The molecular weight excluding hydrogens is 422 g/mol. The zero-order valence-corrected chi connectivity index (χ0v) is 18.9. The van der Waals surface area contributed by atoms with Crippen LogP contribution in [0.3, 0.4) is 0 Å². The van der Waals surface area contributed by atoms with E-state index in [2.05, 4.69) is 39.4 Å². The number of anilines is 1. The highest BCUT2D eigenvalue weighted by atomic mass is 32.1. The van der Waals surface area contributed by atoms with E-state index in [1.165, 1.54) is 24.0 Å². The second kappa shape index (κ2) is 10.5. The minimum Gasteiger partial charge on any atom is -0.465 e. The topological polar surface area (TPSA) is 61.9 Å². The highest BCUT2D eigenvalue weighted by Gasteiger charge is 2.24. The Morgan fingerprint density at radius 2 is 1.56 bits per heavy atom. The third kappa shape index (κ3) is 5.43. The third-order valence-electron chi connectivity index (χ3n) is 5.60. The van der Waals surface area contributed by atoms with E-state index in [0.29, 0.717) is 17.1 Å². The molecule has 6 nitrogen and oxygen atoms in total. The Bertz CT molecular complexity index is 1040. The van der Waals surface area contributed by atoms with Crippen LogP contribution in [0.15, 0.2) is 66.0 Å². The lowest BCUT2D eigenvalue weighted by atomic mass is 10.0. The van der Waals surface area contributed by atoms with Crippen LogP contribution in [0.1, 0.15) is 15.9 Å². The number of thiophene rings is 1. The van der Waals surface area contributed by atoms with Crippen LogP contribution in [-0.2, 0) is 16.1 Å². The Labute approximate surface area is 192 Å². The number of piperazine rings is 1. The molecule has 0 radical (unpaired) electrons. The SMILES string of the molecule is COC(=O)c1c(-c2ccccc2)csc1NC(=O)CN1CCN(Cc2ccccc2)CC1. The second-order valence-corrected chi connectivity index (χ2v) is 8.68. The molecule has 1 aromatic heterocycles. The van der Waals surface area contributed by atoms with E-state index in [9.17, 15) is 9.59 Å². The average Bonchev–Trinajstić information content (AvgIpc) is 3.24. The second-order valence-electron chi connectivity index (χ2n) is 7.80. The molecule has 1 saturated heterocycles. The lowest BCUT2D eigenvalue weighted by Gasteiger charge is -2.34. The van der Waals surface area contributed by atoms with Gasteiger partial charge in [-0.3, -0.25) is 14.6 Å². The minimum absolute atomic E-state index is 0.117.